The number of carbonyl (C=O) groups excluding carboxylic acids is 1. The minimum Gasteiger partial charge on any atom is -0.404 e. The van der Waals surface area contributed by atoms with E-state index in [0.29, 0.717) is 6.07 Å². The second-order valence-corrected chi connectivity index (χ2v) is 2.96. The Morgan fingerprint density at radius 3 is 2.56 bits per heavy atom. The molecule has 8 heteroatoms. The van der Waals surface area contributed by atoms with Crippen molar-refractivity contribution >= 4 is 17.9 Å². The van der Waals surface area contributed by atoms with E-state index in [1.807, 2.05) is 4.98 Å². The minimum absolute atomic E-state index is 0.125. The fraction of sp³-hybridized carbons (Fsp3) is 0.250. The van der Waals surface area contributed by atoms with Crippen LogP contribution in [0.1, 0.15) is 16.1 Å². The molecule has 0 bridgehead atoms. The van der Waals surface area contributed by atoms with Crippen LogP contribution in [0.5, 0.6) is 5.75 Å². The third-order valence-electron chi connectivity index (χ3n) is 1.60. The average molecular weight is 256 g/mol. The van der Waals surface area contributed by atoms with E-state index in [2.05, 4.69) is 4.74 Å². The van der Waals surface area contributed by atoms with Crippen molar-refractivity contribution in [2.45, 2.75) is 12.2 Å². The lowest BCUT2D eigenvalue weighted by atomic mass is 10.2. The van der Waals surface area contributed by atoms with Crippen LogP contribution in [0.25, 0.3) is 0 Å². The van der Waals surface area contributed by atoms with Gasteiger partial charge in [0.1, 0.15) is 0 Å². The van der Waals surface area contributed by atoms with Crippen LogP contribution in [-0.4, -0.2) is 17.6 Å². The van der Waals surface area contributed by atoms with E-state index < -0.39 is 23.2 Å². The van der Waals surface area contributed by atoms with E-state index in [9.17, 15) is 22.8 Å². The van der Waals surface area contributed by atoms with Crippen LogP contribution in [0.4, 0.5) is 13.2 Å². The van der Waals surface area contributed by atoms with E-state index in [4.69, 9.17) is 11.6 Å². The topological polar surface area (TPSA) is 59.2 Å². The predicted octanol–water partition coefficient (Wildman–Crippen LogP) is 1.82. The molecule has 0 aliphatic rings. The van der Waals surface area contributed by atoms with E-state index in [1.54, 1.807) is 0 Å². The summed E-state index contributed by atoms with van der Waals surface area (Å²) in [5.74, 6) is -1.07. The molecule has 4 nitrogen and oxygen atoms in total. The lowest BCUT2D eigenvalue weighted by Crippen LogP contribution is -2.21. The van der Waals surface area contributed by atoms with Crippen molar-refractivity contribution in [3.8, 4) is 5.75 Å². The molecule has 1 N–H and O–H groups in total. The zero-order chi connectivity index (χ0) is 12.3. The van der Waals surface area contributed by atoms with Gasteiger partial charge in [-0.05, 0) is 6.07 Å². The van der Waals surface area contributed by atoms with Gasteiger partial charge in [0.2, 0.25) is 0 Å². The Bertz CT molecular complexity index is 455. The molecule has 1 rings (SSSR count). The highest BCUT2D eigenvalue weighted by Crippen LogP contribution is 2.25. The van der Waals surface area contributed by atoms with Gasteiger partial charge in [0.15, 0.2) is 12.0 Å². The number of aromatic nitrogens is 1. The van der Waals surface area contributed by atoms with Crippen molar-refractivity contribution in [2.24, 2.45) is 0 Å². The van der Waals surface area contributed by atoms with Crippen molar-refractivity contribution in [3.63, 3.8) is 0 Å². The first-order valence-corrected chi connectivity index (χ1v) is 4.44. The molecule has 0 aliphatic carbocycles. The number of nitrogens with one attached hydrogen (secondary N) is 1. The molecular formula is C8H5ClF3NO3. The number of pyridine rings is 1. The number of rotatable bonds is 3. The first kappa shape index (κ1) is 12.6. The molecule has 0 aromatic carbocycles. The number of hydrogen-bond donors (Lipinski definition) is 1. The van der Waals surface area contributed by atoms with Gasteiger partial charge >= 0.3 is 6.36 Å². The second kappa shape index (κ2) is 4.56. The Labute approximate surface area is 92.0 Å². The molecule has 0 unspecified atom stereocenters. The van der Waals surface area contributed by atoms with Crippen LogP contribution < -0.4 is 10.3 Å². The fourth-order valence-corrected chi connectivity index (χ4v) is 1.17. The van der Waals surface area contributed by atoms with Crippen LogP contribution in [0.15, 0.2) is 10.9 Å². The lowest BCUT2D eigenvalue weighted by Gasteiger charge is -2.11. The molecule has 0 aliphatic heterocycles. The van der Waals surface area contributed by atoms with Crippen LogP contribution in [0.2, 0.25) is 0 Å². The zero-order valence-electron chi connectivity index (χ0n) is 7.60. The van der Waals surface area contributed by atoms with Crippen LogP contribution in [0, 0.1) is 0 Å². The van der Waals surface area contributed by atoms with Gasteiger partial charge in [-0.25, -0.2) is 0 Å². The van der Waals surface area contributed by atoms with Gasteiger partial charge < -0.3 is 9.72 Å². The molecule has 0 fully saturated rings. The summed E-state index contributed by atoms with van der Waals surface area (Å²) in [6, 6.07) is 0.692. The molecule has 0 spiro atoms. The quantitative estimate of drug-likeness (QED) is 0.662. The molecule has 0 amide bonds. The van der Waals surface area contributed by atoms with Gasteiger partial charge in [-0.2, -0.15) is 0 Å². The number of aldehydes is 1. The Kier molecular flexibility index (Phi) is 3.58. The maximum absolute atomic E-state index is 11.9. The Morgan fingerprint density at radius 2 is 2.12 bits per heavy atom. The second-order valence-electron chi connectivity index (χ2n) is 2.70. The molecule has 1 aromatic rings. The monoisotopic (exact) mass is 255 g/mol. The Hall–Kier alpha value is -1.50. The highest BCUT2D eigenvalue weighted by atomic mass is 35.5. The zero-order valence-corrected chi connectivity index (χ0v) is 8.35. The summed E-state index contributed by atoms with van der Waals surface area (Å²) in [4.78, 5) is 23.4. The molecule has 0 saturated heterocycles. The number of H-pyrrole nitrogens is 1. The third kappa shape index (κ3) is 2.99. The minimum atomic E-state index is -4.92. The summed E-state index contributed by atoms with van der Waals surface area (Å²) in [5.41, 5.74) is -1.53. The van der Waals surface area contributed by atoms with Gasteiger partial charge in [0.25, 0.3) is 5.56 Å². The first-order chi connectivity index (χ1) is 7.37. The number of ether oxygens (including phenoxy) is 1. The number of alkyl halides is 4. The molecule has 1 aromatic heterocycles. The van der Waals surface area contributed by atoms with Gasteiger partial charge in [0.05, 0.1) is 17.1 Å². The van der Waals surface area contributed by atoms with Gasteiger partial charge in [0, 0.05) is 0 Å². The maximum Gasteiger partial charge on any atom is 0.573 e. The molecule has 0 radical (unpaired) electrons. The Morgan fingerprint density at radius 1 is 1.50 bits per heavy atom. The van der Waals surface area contributed by atoms with Crippen molar-refractivity contribution in [3.05, 3.63) is 27.7 Å². The van der Waals surface area contributed by atoms with Crippen molar-refractivity contribution in [1.29, 1.82) is 0 Å². The van der Waals surface area contributed by atoms with E-state index in [0.717, 1.165) is 0 Å². The standard InChI is InChI=1S/C8H5ClF3NO3/c9-2-5-6(16-8(10,11)12)1-4(3-14)7(15)13-5/h1,3H,2H2,(H,13,15). The van der Waals surface area contributed by atoms with E-state index in [1.165, 1.54) is 0 Å². The molecule has 0 saturated carbocycles. The summed E-state index contributed by atoms with van der Waals surface area (Å²) in [7, 11) is 0. The SMILES string of the molecule is O=Cc1cc(OC(F)(F)F)c(CCl)[nH]c1=O. The van der Waals surface area contributed by atoms with Crippen molar-refractivity contribution < 1.29 is 22.7 Å². The predicted molar refractivity (Wildman–Crippen MR) is 48.7 cm³/mol. The molecule has 0 atom stereocenters. The van der Waals surface area contributed by atoms with Crippen LogP contribution in [0.3, 0.4) is 0 Å². The average Bonchev–Trinajstić information content (AvgIpc) is 2.18. The Balaban J connectivity index is 3.25. The number of halogens is 4. The lowest BCUT2D eigenvalue weighted by molar-refractivity contribution is -0.275. The summed E-state index contributed by atoms with van der Waals surface area (Å²) < 4.78 is 39.5. The van der Waals surface area contributed by atoms with Crippen molar-refractivity contribution in [2.75, 3.05) is 0 Å². The van der Waals surface area contributed by atoms with Gasteiger partial charge in [-0.15, -0.1) is 24.8 Å². The first-order valence-electron chi connectivity index (χ1n) is 3.90. The number of carbonyl (C=O) groups is 1. The van der Waals surface area contributed by atoms with Gasteiger partial charge in [-0.3, -0.25) is 9.59 Å². The normalized spacial score (nSPS) is 11.2. The molecule has 88 valence electrons. The fourth-order valence-electron chi connectivity index (χ4n) is 0.967. The summed E-state index contributed by atoms with van der Waals surface area (Å²) >= 11 is 5.32. The highest BCUT2D eigenvalue weighted by molar-refractivity contribution is 6.17. The smallest absolute Gasteiger partial charge is 0.404 e. The van der Waals surface area contributed by atoms with Crippen LogP contribution in [-0.2, 0) is 5.88 Å². The summed E-state index contributed by atoms with van der Waals surface area (Å²) in [6.07, 6.45) is -4.79. The highest BCUT2D eigenvalue weighted by Gasteiger charge is 2.32. The largest absolute Gasteiger partial charge is 0.573 e. The number of hydrogen-bond acceptors (Lipinski definition) is 3. The van der Waals surface area contributed by atoms with Crippen LogP contribution >= 0.6 is 11.6 Å². The third-order valence-corrected chi connectivity index (χ3v) is 1.86. The van der Waals surface area contributed by atoms with Gasteiger partial charge in [-0.1, -0.05) is 0 Å². The molecule has 1 heterocycles. The number of aromatic amines is 1. The van der Waals surface area contributed by atoms with Crippen molar-refractivity contribution in [1.82, 2.24) is 4.98 Å². The summed E-state index contributed by atoms with van der Waals surface area (Å²) in [5, 5.41) is 0. The van der Waals surface area contributed by atoms with E-state index >= 15 is 0 Å². The van der Waals surface area contributed by atoms with E-state index in [-0.39, 0.29) is 17.9 Å². The molecule has 16 heavy (non-hydrogen) atoms. The summed E-state index contributed by atoms with van der Waals surface area (Å²) in [6.45, 7) is 0. The maximum atomic E-state index is 11.9. The molecular weight excluding hydrogens is 251 g/mol.